The van der Waals surface area contributed by atoms with Crippen LogP contribution in [0.5, 0.6) is 11.5 Å². The van der Waals surface area contributed by atoms with E-state index in [0.29, 0.717) is 44.2 Å². The second-order valence-corrected chi connectivity index (χ2v) is 13.9. The number of aromatic nitrogens is 2. The fourth-order valence-corrected chi connectivity index (χ4v) is 7.15. The summed E-state index contributed by atoms with van der Waals surface area (Å²) in [6, 6.07) is 3.18. The van der Waals surface area contributed by atoms with E-state index in [0.717, 1.165) is 32.2 Å². The Labute approximate surface area is 252 Å². The van der Waals surface area contributed by atoms with E-state index in [1.807, 2.05) is 25.7 Å². The van der Waals surface area contributed by atoms with Crippen LogP contribution in [-0.2, 0) is 14.8 Å². The maximum absolute atomic E-state index is 14.2. The van der Waals surface area contributed by atoms with Gasteiger partial charge in [-0.1, -0.05) is 0 Å². The summed E-state index contributed by atoms with van der Waals surface area (Å²) < 4.78 is 46.1. The molecule has 1 spiro atoms. The Kier molecular flexibility index (Phi) is 8.91. The van der Waals surface area contributed by atoms with Gasteiger partial charge in [0, 0.05) is 56.8 Å². The first-order chi connectivity index (χ1) is 20.4. The number of amides is 2. The van der Waals surface area contributed by atoms with Gasteiger partial charge in [-0.05, 0) is 58.2 Å². The predicted octanol–water partition coefficient (Wildman–Crippen LogP) is 1.99. The molecule has 1 aromatic heterocycles. The molecule has 43 heavy (non-hydrogen) atoms. The molecule has 0 aliphatic carbocycles. The highest BCUT2D eigenvalue weighted by atomic mass is 32.2. The summed E-state index contributed by atoms with van der Waals surface area (Å²) in [5.41, 5.74) is 0.177. The van der Waals surface area contributed by atoms with Crippen LogP contribution in [-0.4, -0.2) is 104 Å². The highest BCUT2D eigenvalue weighted by Gasteiger charge is 2.47. The smallest absolute Gasteiger partial charge is 0.257 e. The SMILES string of the molecule is CCN(C(=O)c1cc(F)ccc1Oc1cncnc1N1CC2(CCN(C(=O)[C@@H]3C[C@@H](NS(C)(=O)=O)CN3)CC2)C1)C(C)C. The second kappa shape index (κ2) is 12.3. The quantitative estimate of drug-likeness (QED) is 0.433. The third-order valence-electron chi connectivity index (χ3n) is 8.57. The summed E-state index contributed by atoms with van der Waals surface area (Å²) >= 11 is 0. The Morgan fingerprint density at radius 2 is 1.95 bits per heavy atom. The van der Waals surface area contributed by atoms with Gasteiger partial charge in [0.25, 0.3) is 5.91 Å². The minimum atomic E-state index is -3.33. The fraction of sp³-hybridized carbons (Fsp3) is 0.586. The van der Waals surface area contributed by atoms with Gasteiger partial charge in [0.2, 0.25) is 15.9 Å². The van der Waals surface area contributed by atoms with Crippen LogP contribution in [0, 0.1) is 11.2 Å². The summed E-state index contributed by atoms with van der Waals surface area (Å²) in [4.78, 5) is 40.6. The monoisotopic (exact) mass is 617 g/mol. The largest absolute Gasteiger partial charge is 0.451 e. The number of benzene rings is 1. The summed E-state index contributed by atoms with van der Waals surface area (Å²) in [5, 5.41) is 3.16. The molecule has 12 nitrogen and oxygen atoms in total. The Morgan fingerprint density at radius 3 is 2.60 bits per heavy atom. The van der Waals surface area contributed by atoms with Crippen molar-refractivity contribution >= 4 is 27.7 Å². The lowest BCUT2D eigenvalue weighted by molar-refractivity contribution is -0.135. The van der Waals surface area contributed by atoms with Crippen LogP contribution in [0.3, 0.4) is 0 Å². The molecule has 3 aliphatic rings. The molecule has 3 aliphatic heterocycles. The van der Waals surface area contributed by atoms with Gasteiger partial charge in [-0.2, -0.15) is 0 Å². The van der Waals surface area contributed by atoms with Crippen molar-refractivity contribution in [3.05, 3.63) is 42.1 Å². The average molecular weight is 618 g/mol. The number of piperidine rings is 1. The highest BCUT2D eigenvalue weighted by Crippen LogP contribution is 2.45. The van der Waals surface area contributed by atoms with Crippen molar-refractivity contribution in [1.82, 2.24) is 29.8 Å². The predicted molar refractivity (Wildman–Crippen MR) is 159 cm³/mol. The third kappa shape index (κ3) is 6.91. The van der Waals surface area contributed by atoms with Crippen LogP contribution < -0.4 is 19.7 Å². The molecule has 0 unspecified atom stereocenters. The number of sulfonamides is 1. The van der Waals surface area contributed by atoms with Crippen molar-refractivity contribution in [3.63, 3.8) is 0 Å². The van der Waals surface area contributed by atoms with Crippen LogP contribution in [0.4, 0.5) is 10.2 Å². The molecule has 2 N–H and O–H groups in total. The number of halogens is 1. The topological polar surface area (TPSA) is 137 Å². The molecule has 14 heteroatoms. The molecule has 0 saturated carbocycles. The molecule has 5 rings (SSSR count). The Balaban J connectivity index is 1.21. The van der Waals surface area contributed by atoms with Crippen LogP contribution in [0.1, 0.15) is 50.4 Å². The molecule has 0 bridgehead atoms. The van der Waals surface area contributed by atoms with Gasteiger partial charge in [-0.15, -0.1) is 0 Å². The first-order valence-corrected chi connectivity index (χ1v) is 16.6. The van der Waals surface area contributed by atoms with Crippen molar-refractivity contribution in [2.24, 2.45) is 5.41 Å². The summed E-state index contributed by atoms with van der Waals surface area (Å²) in [6.07, 6.45) is 6.24. The summed E-state index contributed by atoms with van der Waals surface area (Å²) in [5.74, 6) is 0.380. The van der Waals surface area contributed by atoms with Crippen molar-refractivity contribution in [2.45, 2.75) is 58.2 Å². The molecule has 1 aromatic carbocycles. The average Bonchev–Trinajstić information content (AvgIpc) is 3.39. The lowest BCUT2D eigenvalue weighted by atomic mass is 9.72. The van der Waals surface area contributed by atoms with Crippen molar-refractivity contribution in [2.75, 3.05) is 50.4 Å². The lowest BCUT2D eigenvalue weighted by Crippen LogP contribution is -2.62. The molecule has 2 aromatic rings. The number of hydrogen-bond acceptors (Lipinski definition) is 9. The van der Waals surface area contributed by atoms with E-state index < -0.39 is 15.8 Å². The van der Waals surface area contributed by atoms with Gasteiger partial charge in [0.15, 0.2) is 11.6 Å². The molecule has 0 radical (unpaired) electrons. The minimum absolute atomic E-state index is 0.0130. The number of hydrogen-bond donors (Lipinski definition) is 2. The Hall–Kier alpha value is -3.36. The van der Waals surface area contributed by atoms with E-state index in [-0.39, 0.29) is 46.7 Å². The number of nitrogens with zero attached hydrogens (tertiary/aromatic N) is 5. The molecule has 2 atom stereocenters. The number of ether oxygens (including phenoxy) is 1. The van der Waals surface area contributed by atoms with E-state index in [1.54, 1.807) is 11.1 Å². The number of likely N-dealkylation sites (tertiary alicyclic amines) is 1. The molecule has 234 valence electrons. The van der Waals surface area contributed by atoms with Gasteiger partial charge >= 0.3 is 0 Å². The van der Waals surface area contributed by atoms with Crippen LogP contribution in [0.25, 0.3) is 0 Å². The normalized spacial score (nSPS) is 21.6. The maximum atomic E-state index is 14.2. The fourth-order valence-electron chi connectivity index (χ4n) is 6.36. The standard InChI is InChI=1S/C29H40FN7O5S/c1-5-37(19(2)3)27(38)22-12-20(30)6-7-24(22)42-25-15-31-18-33-26(25)36-16-29(17-36)8-10-35(11-9-29)28(39)23-13-21(14-32-23)34-43(4,40)41/h6-7,12,15,18-19,21,23,32,34H,5,8-11,13-14,16-17H2,1-4H3/t21-,23+/m1/s1. The van der Waals surface area contributed by atoms with E-state index >= 15 is 0 Å². The van der Waals surface area contributed by atoms with Crippen LogP contribution >= 0.6 is 0 Å². The summed E-state index contributed by atoms with van der Waals surface area (Å²) in [7, 11) is -3.33. The number of carbonyl (C=O) groups excluding carboxylic acids is 2. The third-order valence-corrected chi connectivity index (χ3v) is 9.33. The van der Waals surface area contributed by atoms with Crippen molar-refractivity contribution in [1.29, 1.82) is 0 Å². The van der Waals surface area contributed by atoms with E-state index in [4.69, 9.17) is 4.74 Å². The first-order valence-electron chi connectivity index (χ1n) is 14.7. The van der Waals surface area contributed by atoms with Gasteiger partial charge in [-0.25, -0.2) is 27.5 Å². The van der Waals surface area contributed by atoms with Gasteiger partial charge in [-0.3, -0.25) is 9.59 Å². The Bertz CT molecular complexity index is 1460. The maximum Gasteiger partial charge on any atom is 0.257 e. The highest BCUT2D eigenvalue weighted by molar-refractivity contribution is 7.88. The van der Waals surface area contributed by atoms with Crippen molar-refractivity contribution < 1.29 is 27.1 Å². The number of carbonyl (C=O) groups is 2. The zero-order valence-corrected chi connectivity index (χ0v) is 25.9. The van der Waals surface area contributed by atoms with E-state index in [9.17, 15) is 22.4 Å². The number of nitrogens with one attached hydrogen (secondary N) is 2. The van der Waals surface area contributed by atoms with Crippen LogP contribution in [0.2, 0.25) is 0 Å². The van der Waals surface area contributed by atoms with Gasteiger partial charge in [0.1, 0.15) is 17.9 Å². The Morgan fingerprint density at radius 1 is 1.23 bits per heavy atom. The zero-order valence-electron chi connectivity index (χ0n) is 25.0. The van der Waals surface area contributed by atoms with Crippen molar-refractivity contribution in [3.8, 4) is 11.5 Å². The number of anilines is 1. The molecule has 3 saturated heterocycles. The van der Waals surface area contributed by atoms with E-state index in [2.05, 4.69) is 24.9 Å². The lowest BCUT2D eigenvalue weighted by Gasteiger charge is -2.54. The van der Waals surface area contributed by atoms with E-state index in [1.165, 1.54) is 24.5 Å². The molecule has 3 fully saturated rings. The van der Waals surface area contributed by atoms with Gasteiger partial charge < -0.3 is 24.8 Å². The van der Waals surface area contributed by atoms with Crippen LogP contribution in [0.15, 0.2) is 30.7 Å². The molecule has 2 amide bonds. The minimum Gasteiger partial charge on any atom is -0.451 e. The first kappa shape index (κ1) is 31.1. The molecular formula is C29H40FN7O5S. The number of rotatable bonds is 9. The molecular weight excluding hydrogens is 577 g/mol. The second-order valence-electron chi connectivity index (χ2n) is 12.1. The summed E-state index contributed by atoms with van der Waals surface area (Å²) in [6.45, 7) is 9.33. The van der Waals surface area contributed by atoms with Gasteiger partial charge in [0.05, 0.1) is 24.1 Å². The zero-order chi connectivity index (χ0) is 30.9. The molecule has 4 heterocycles.